The topological polar surface area (TPSA) is 119 Å². The molecule has 3 aromatic heterocycles. The van der Waals surface area contributed by atoms with Gasteiger partial charge >= 0.3 is 0 Å². The van der Waals surface area contributed by atoms with Crippen molar-refractivity contribution >= 4 is 28.9 Å². The molecule has 0 amide bonds. The lowest BCUT2D eigenvalue weighted by Gasteiger charge is -2.04. The van der Waals surface area contributed by atoms with Crippen molar-refractivity contribution < 1.29 is 0 Å². The average molecular weight is 392 g/mol. The number of hydrogen-bond acceptors (Lipinski definition) is 6. The van der Waals surface area contributed by atoms with Gasteiger partial charge in [-0.15, -0.1) is 0 Å². The molecular weight excluding hydrogens is 374 g/mol. The summed E-state index contributed by atoms with van der Waals surface area (Å²) in [6, 6.07) is 15.8. The highest BCUT2D eigenvalue weighted by molar-refractivity contribution is 6.30. The van der Waals surface area contributed by atoms with Crippen LogP contribution in [-0.4, -0.2) is 19.4 Å². The summed E-state index contributed by atoms with van der Waals surface area (Å²) in [7, 11) is 0. The Labute approximate surface area is 167 Å². The number of nitriles is 1. The van der Waals surface area contributed by atoms with Crippen LogP contribution in [0.1, 0.15) is 18.2 Å². The highest BCUT2D eigenvalue weighted by atomic mass is 35.5. The zero-order chi connectivity index (χ0) is 20.1. The Morgan fingerprint density at radius 2 is 1.75 bits per heavy atom. The molecule has 0 fully saturated rings. The van der Waals surface area contributed by atoms with Gasteiger partial charge in [-0.2, -0.15) is 5.26 Å². The molecule has 1 aromatic carbocycles. The number of aryl methyl sites for hydroxylation is 1. The van der Waals surface area contributed by atoms with Gasteiger partial charge in [-0.1, -0.05) is 36.7 Å². The Balaban J connectivity index is 0.000000192. The van der Waals surface area contributed by atoms with Gasteiger partial charge in [0, 0.05) is 16.8 Å². The zero-order valence-corrected chi connectivity index (χ0v) is 15.9. The van der Waals surface area contributed by atoms with E-state index in [0.29, 0.717) is 0 Å². The number of nitrogens with two attached hydrogens (primary N) is 2. The Bertz CT molecular complexity index is 1120. The van der Waals surface area contributed by atoms with Gasteiger partial charge in [-0.3, -0.25) is 4.40 Å². The lowest BCUT2D eigenvalue weighted by Crippen LogP contribution is -2.01. The van der Waals surface area contributed by atoms with Crippen LogP contribution in [-0.2, 0) is 6.42 Å². The van der Waals surface area contributed by atoms with Crippen molar-refractivity contribution in [1.29, 1.82) is 5.26 Å². The molecule has 3 heterocycles. The van der Waals surface area contributed by atoms with Gasteiger partial charge in [-0.25, -0.2) is 15.0 Å². The fourth-order valence-electron chi connectivity index (χ4n) is 2.73. The number of imidazole rings is 1. The minimum absolute atomic E-state index is 0.120. The number of aromatic nitrogens is 4. The molecule has 0 aliphatic carbocycles. The minimum Gasteiger partial charge on any atom is -0.382 e. The van der Waals surface area contributed by atoms with Gasteiger partial charge in [0.2, 0.25) is 0 Å². The van der Waals surface area contributed by atoms with E-state index in [4.69, 9.17) is 28.3 Å². The van der Waals surface area contributed by atoms with Crippen LogP contribution in [0.5, 0.6) is 0 Å². The van der Waals surface area contributed by atoms with Gasteiger partial charge in [0.1, 0.15) is 35.2 Å². The van der Waals surface area contributed by atoms with E-state index in [9.17, 15) is 0 Å². The predicted octanol–water partition coefficient (Wildman–Crippen LogP) is 3.73. The fourth-order valence-corrected chi connectivity index (χ4v) is 2.86. The SMILES string of the molecule is CCc1nc2ccccn2c1-c1ccc(Cl)cc1.N#Cc1c(N)ncnc1N. The number of halogens is 1. The normalized spacial score (nSPS) is 10.2. The van der Waals surface area contributed by atoms with Crippen molar-refractivity contribution in [2.75, 3.05) is 11.5 Å². The van der Waals surface area contributed by atoms with Crippen molar-refractivity contribution in [3.8, 4) is 17.3 Å². The summed E-state index contributed by atoms with van der Waals surface area (Å²) in [6.07, 6.45) is 4.18. The molecule has 0 radical (unpaired) electrons. The van der Waals surface area contributed by atoms with Crippen LogP contribution in [0.2, 0.25) is 5.02 Å². The van der Waals surface area contributed by atoms with Crippen LogP contribution in [0.15, 0.2) is 55.0 Å². The molecular formula is C20H18ClN7. The number of benzene rings is 1. The second-order valence-electron chi connectivity index (χ2n) is 5.83. The van der Waals surface area contributed by atoms with Gasteiger partial charge < -0.3 is 11.5 Å². The maximum atomic E-state index is 8.41. The van der Waals surface area contributed by atoms with E-state index in [1.54, 1.807) is 6.07 Å². The highest BCUT2D eigenvalue weighted by Crippen LogP contribution is 2.26. The monoisotopic (exact) mass is 391 g/mol. The van der Waals surface area contributed by atoms with E-state index in [2.05, 4.69) is 26.3 Å². The third kappa shape index (κ3) is 3.87. The third-order valence-electron chi connectivity index (χ3n) is 4.07. The molecule has 4 rings (SSSR count). The summed E-state index contributed by atoms with van der Waals surface area (Å²) in [5.74, 6) is 0.241. The smallest absolute Gasteiger partial charge is 0.146 e. The van der Waals surface area contributed by atoms with E-state index in [1.807, 2.05) is 48.7 Å². The maximum Gasteiger partial charge on any atom is 0.146 e. The molecule has 0 unspecified atom stereocenters. The van der Waals surface area contributed by atoms with E-state index in [0.717, 1.165) is 34.0 Å². The van der Waals surface area contributed by atoms with Crippen LogP contribution in [0.3, 0.4) is 0 Å². The van der Waals surface area contributed by atoms with E-state index in [1.165, 1.54) is 6.33 Å². The van der Waals surface area contributed by atoms with Gasteiger partial charge in [0.25, 0.3) is 0 Å². The number of nitrogen functional groups attached to an aromatic ring is 2. The molecule has 0 atom stereocenters. The molecule has 4 aromatic rings. The van der Waals surface area contributed by atoms with Crippen LogP contribution in [0, 0.1) is 11.3 Å². The molecule has 0 spiro atoms. The molecule has 0 aliphatic rings. The number of pyridine rings is 1. The Morgan fingerprint density at radius 1 is 1.07 bits per heavy atom. The standard InChI is InChI=1S/C15H13ClN2.C5H5N5/c1-2-13-15(11-6-8-12(16)9-7-11)18-10-4-3-5-14(18)17-13;6-1-3-4(7)9-2-10-5(3)8/h3-10H,2H2,1H3;2H,(H4,7,8,9,10). The van der Waals surface area contributed by atoms with E-state index >= 15 is 0 Å². The van der Waals surface area contributed by atoms with Gasteiger partial charge in [0.15, 0.2) is 0 Å². The predicted molar refractivity (Wildman–Crippen MR) is 111 cm³/mol. The number of hydrogen-bond donors (Lipinski definition) is 2. The Kier molecular flexibility index (Phi) is 5.72. The summed E-state index contributed by atoms with van der Waals surface area (Å²) in [5.41, 5.74) is 15.1. The van der Waals surface area contributed by atoms with Crippen LogP contribution in [0.4, 0.5) is 11.6 Å². The van der Waals surface area contributed by atoms with Crippen LogP contribution >= 0.6 is 11.6 Å². The average Bonchev–Trinajstić information content (AvgIpc) is 3.08. The maximum absolute atomic E-state index is 8.41. The van der Waals surface area contributed by atoms with Gasteiger partial charge in [0.05, 0.1) is 11.4 Å². The van der Waals surface area contributed by atoms with Gasteiger partial charge in [-0.05, 0) is 30.7 Å². The third-order valence-corrected chi connectivity index (χ3v) is 4.32. The fraction of sp³-hybridized carbons (Fsp3) is 0.100. The Morgan fingerprint density at radius 3 is 2.32 bits per heavy atom. The summed E-state index contributed by atoms with van der Waals surface area (Å²) in [6.45, 7) is 2.13. The molecule has 0 bridgehead atoms. The second-order valence-corrected chi connectivity index (χ2v) is 6.26. The molecule has 4 N–H and O–H groups in total. The first-order valence-electron chi connectivity index (χ1n) is 8.53. The molecule has 7 nitrogen and oxygen atoms in total. The Hall–Kier alpha value is -3.63. The lowest BCUT2D eigenvalue weighted by molar-refractivity contribution is 1.07. The molecule has 0 saturated carbocycles. The zero-order valence-electron chi connectivity index (χ0n) is 15.2. The summed E-state index contributed by atoms with van der Waals surface area (Å²) in [4.78, 5) is 11.8. The molecule has 28 heavy (non-hydrogen) atoms. The number of nitrogens with zero attached hydrogens (tertiary/aromatic N) is 5. The number of fused-ring (bicyclic) bond motifs is 1. The largest absolute Gasteiger partial charge is 0.382 e. The van der Waals surface area contributed by atoms with Crippen molar-refractivity contribution in [3.05, 3.63) is 71.3 Å². The summed E-state index contributed by atoms with van der Waals surface area (Å²) >= 11 is 5.94. The molecule has 140 valence electrons. The molecule has 8 heteroatoms. The highest BCUT2D eigenvalue weighted by Gasteiger charge is 2.11. The van der Waals surface area contributed by atoms with Crippen molar-refractivity contribution in [2.24, 2.45) is 0 Å². The quantitative estimate of drug-likeness (QED) is 0.537. The summed E-state index contributed by atoms with van der Waals surface area (Å²) in [5, 5.41) is 9.16. The van der Waals surface area contributed by atoms with Crippen molar-refractivity contribution in [1.82, 2.24) is 19.4 Å². The van der Waals surface area contributed by atoms with Crippen molar-refractivity contribution in [3.63, 3.8) is 0 Å². The molecule has 0 saturated heterocycles. The first kappa shape index (κ1) is 19.1. The summed E-state index contributed by atoms with van der Waals surface area (Å²) < 4.78 is 2.13. The second kappa shape index (κ2) is 8.37. The van der Waals surface area contributed by atoms with Crippen molar-refractivity contribution in [2.45, 2.75) is 13.3 Å². The van der Waals surface area contributed by atoms with Crippen LogP contribution in [0.25, 0.3) is 16.9 Å². The van der Waals surface area contributed by atoms with E-state index in [-0.39, 0.29) is 17.2 Å². The minimum atomic E-state index is 0.120. The first-order chi connectivity index (χ1) is 13.5. The first-order valence-corrected chi connectivity index (χ1v) is 8.90. The molecule has 0 aliphatic heterocycles. The van der Waals surface area contributed by atoms with E-state index < -0.39 is 0 Å². The van der Waals surface area contributed by atoms with Crippen LogP contribution < -0.4 is 11.5 Å². The number of anilines is 2. The number of rotatable bonds is 2. The lowest BCUT2D eigenvalue weighted by atomic mass is 10.1.